The van der Waals surface area contributed by atoms with Crippen molar-refractivity contribution in [2.24, 2.45) is 5.92 Å². The van der Waals surface area contributed by atoms with Crippen molar-refractivity contribution in [3.63, 3.8) is 0 Å². The van der Waals surface area contributed by atoms with Gasteiger partial charge >= 0.3 is 0 Å². The Kier molecular flexibility index (Phi) is 7.72. The van der Waals surface area contributed by atoms with Crippen LogP contribution in [0.5, 0.6) is 5.75 Å². The lowest BCUT2D eigenvalue weighted by atomic mass is 9.98. The van der Waals surface area contributed by atoms with E-state index < -0.39 is 0 Å². The van der Waals surface area contributed by atoms with E-state index in [9.17, 15) is 4.79 Å². The Balaban J connectivity index is 1.21. The van der Waals surface area contributed by atoms with E-state index >= 15 is 0 Å². The summed E-state index contributed by atoms with van der Waals surface area (Å²) in [5, 5.41) is 7.24. The van der Waals surface area contributed by atoms with Crippen molar-refractivity contribution in [2.75, 3.05) is 26.7 Å². The lowest BCUT2D eigenvalue weighted by Gasteiger charge is -2.32. The van der Waals surface area contributed by atoms with Crippen LogP contribution in [0.2, 0.25) is 0 Å². The SMILES string of the molecule is CN(Cc1ccc(OCC2CCCN(C(=O)Cc3ccsc3)C2)cc1)Cc1nccs1. The van der Waals surface area contributed by atoms with Gasteiger partial charge in [0.05, 0.1) is 19.6 Å². The minimum atomic E-state index is 0.231. The van der Waals surface area contributed by atoms with Crippen LogP contribution in [0.1, 0.15) is 29.0 Å². The summed E-state index contributed by atoms with van der Waals surface area (Å²) in [6, 6.07) is 10.4. The second-order valence-electron chi connectivity index (χ2n) is 8.21. The predicted octanol–water partition coefficient (Wildman–Crippen LogP) is 4.70. The first-order valence-corrected chi connectivity index (χ1v) is 12.6. The van der Waals surface area contributed by atoms with Gasteiger partial charge in [0.15, 0.2) is 0 Å². The summed E-state index contributed by atoms with van der Waals surface area (Å²) in [7, 11) is 2.11. The van der Waals surface area contributed by atoms with Crippen LogP contribution in [-0.4, -0.2) is 47.4 Å². The van der Waals surface area contributed by atoms with Crippen molar-refractivity contribution in [1.29, 1.82) is 0 Å². The highest BCUT2D eigenvalue weighted by Crippen LogP contribution is 2.21. The van der Waals surface area contributed by atoms with E-state index in [0.29, 0.717) is 18.9 Å². The maximum Gasteiger partial charge on any atom is 0.227 e. The van der Waals surface area contributed by atoms with Crippen LogP contribution in [0.4, 0.5) is 0 Å². The van der Waals surface area contributed by atoms with Crippen LogP contribution in [0.3, 0.4) is 0 Å². The van der Waals surface area contributed by atoms with Gasteiger partial charge in [0, 0.05) is 37.1 Å². The topological polar surface area (TPSA) is 45.7 Å². The molecule has 3 heterocycles. The number of piperidine rings is 1. The molecule has 4 rings (SSSR count). The molecule has 7 heteroatoms. The summed E-state index contributed by atoms with van der Waals surface area (Å²) in [5.41, 5.74) is 2.38. The molecule has 0 N–H and O–H groups in total. The summed E-state index contributed by atoms with van der Waals surface area (Å²) < 4.78 is 6.07. The van der Waals surface area contributed by atoms with Crippen LogP contribution in [0.25, 0.3) is 0 Å². The summed E-state index contributed by atoms with van der Waals surface area (Å²) in [5.74, 6) is 1.52. The molecular weight excluding hydrogens is 426 g/mol. The molecule has 3 aromatic rings. The molecule has 0 bridgehead atoms. The third-order valence-electron chi connectivity index (χ3n) is 5.56. The van der Waals surface area contributed by atoms with Gasteiger partial charge in [0.2, 0.25) is 5.91 Å². The van der Waals surface area contributed by atoms with E-state index in [1.54, 1.807) is 22.7 Å². The fraction of sp³-hybridized carbons (Fsp3) is 0.417. The lowest BCUT2D eigenvalue weighted by molar-refractivity contribution is -0.132. The molecule has 1 unspecified atom stereocenters. The van der Waals surface area contributed by atoms with Gasteiger partial charge in [-0.25, -0.2) is 4.98 Å². The first-order valence-electron chi connectivity index (χ1n) is 10.7. The summed E-state index contributed by atoms with van der Waals surface area (Å²) in [6.07, 6.45) is 4.52. The number of rotatable bonds is 9. The molecule has 1 aliphatic heterocycles. The van der Waals surface area contributed by atoms with Gasteiger partial charge in [0.1, 0.15) is 10.8 Å². The minimum Gasteiger partial charge on any atom is -0.493 e. The molecule has 1 aromatic carbocycles. The minimum absolute atomic E-state index is 0.231. The first-order chi connectivity index (χ1) is 15.2. The van der Waals surface area contributed by atoms with Crippen molar-refractivity contribution < 1.29 is 9.53 Å². The molecular formula is C24H29N3O2S2. The van der Waals surface area contributed by atoms with Crippen LogP contribution < -0.4 is 4.74 Å². The molecule has 1 aliphatic rings. The number of benzene rings is 1. The molecule has 164 valence electrons. The molecule has 0 saturated carbocycles. The van der Waals surface area contributed by atoms with Crippen molar-refractivity contribution in [2.45, 2.75) is 32.4 Å². The number of carbonyl (C=O) groups is 1. The summed E-state index contributed by atoms with van der Waals surface area (Å²) >= 11 is 3.33. The quantitative estimate of drug-likeness (QED) is 0.469. The fourth-order valence-electron chi connectivity index (χ4n) is 3.94. The van der Waals surface area contributed by atoms with Gasteiger partial charge in [-0.3, -0.25) is 9.69 Å². The molecule has 1 fully saturated rings. The number of aromatic nitrogens is 1. The fourth-order valence-corrected chi connectivity index (χ4v) is 5.31. The van der Waals surface area contributed by atoms with Gasteiger partial charge < -0.3 is 9.64 Å². The standard InChI is InChI=1S/C24H29N3O2S2/c1-26(16-23-25-9-12-31-23)14-19-4-6-22(7-5-19)29-17-21-3-2-10-27(15-21)24(28)13-20-8-11-30-18-20/h4-9,11-12,18,21H,2-3,10,13-17H2,1H3. The molecule has 1 atom stereocenters. The number of carbonyl (C=O) groups excluding carboxylic acids is 1. The second-order valence-corrected chi connectivity index (χ2v) is 9.97. The van der Waals surface area contributed by atoms with Crippen molar-refractivity contribution in [3.8, 4) is 5.75 Å². The summed E-state index contributed by atoms with van der Waals surface area (Å²) in [6.45, 7) is 4.06. The number of amides is 1. The number of nitrogens with zero attached hydrogens (tertiary/aromatic N) is 3. The van der Waals surface area contributed by atoms with Crippen LogP contribution >= 0.6 is 22.7 Å². The summed E-state index contributed by atoms with van der Waals surface area (Å²) in [4.78, 5) is 21.2. The van der Waals surface area contributed by atoms with E-state index in [0.717, 1.165) is 55.3 Å². The average Bonchev–Trinajstić information content (AvgIpc) is 3.48. The first kappa shape index (κ1) is 22.0. The Hall–Kier alpha value is -2.22. The predicted molar refractivity (Wildman–Crippen MR) is 127 cm³/mol. The van der Waals surface area contributed by atoms with Crippen molar-refractivity contribution in [1.82, 2.24) is 14.8 Å². The lowest BCUT2D eigenvalue weighted by Crippen LogP contribution is -2.42. The molecule has 1 saturated heterocycles. The van der Waals surface area contributed by atoms with E-state index in [2.05, 4.69) is 46.6 Å². The third-order valence-corrected chi connectivity index (χ3v) is 7.05. The van der Waals surface area contributed by atoms with E-state index in [4.69, 9.17) is 4.74 Å². The number of hydrogen-bond donors (Lipinski definition) is 0. The van der Waals surface area contributed by atoms with Gasteiger partial charge in [-0.15, -0.1) is 11.3 Å². The highest BCUT2D eigenvalue weighted by molar-refractivity contribution is 7.09. The highest BCUT2D eigenvalue weighted by atomic mass is 32.1. The molecule has 5 nitrogen and oxygen atoms in total. The Bertz CT molecular complexity index is 926. The number of thiophene rings is 1. The van der Waals surface area contributed by atoms with Gasteiger partial charge in [-0.2, -0.15) is 11.3 Å². The van der Waals surface area contributed by atoms with Crippen LogP contribution in [0, 0.1) is 5.92 Å². The maximum absolute atomic E-state index is 12.6. The third kappa shape index (κ3) is 6.63. The number of likely N-dealkylation sites (tertiary alicyclic amines) is 1. The van der Waals surface area contributed by atoms with Gasteiger partial charge in [0.25, 0.3) is 0 Å². The van der Waals surface area contributed by atoms with E-state index in [1.165, 1.54) is 5.56 Å². The maximum atomic E-state index is 12.6. The Morgan fingerprint density at radius 1 is 1.19 bits per heavy atom. The largest absolute Gasteiger partial charge is 0.493 e. The molecule has 1 amide bonds. The Labute approximate surface area is 192 Å². The normalized spacial score (nSPS) is 16.6. The zero-order chi connectivity index (χ0) is 21.5. The molecule has 31 heavy (non-hydrogen) atoms. The Morgan fingerprint density at radius 3 is 2.81 bits per heavy atom. The molecule has 0 aliphatic carbocycles. The van der Waals surface area contributed by atoms with Crippen molar-refractivity contribution >= 4 is 28.6 Å². The van der Waals surface area contributed by atoms with E-state index in [1.807, 2.05) is 27.9 Å². The number of ether oxygens (including phenoxy) is 1. The molecule has 0 radical (unpaired) electrons. The average molecular weight is 456 g/mol. The number of thiazole rings is 1. The molecule has 0 spiro atoms. The van der Waals surface area contributed by atoms with Crippen LogP contribution in [0.15, 0.2) is 52.7 Å². The molecule has 2 aromatic heterocycles. The smallest absolute Gasteiger partial charge is 0.227 e. The van der Waals surface area contributed by atoms with Gasteiger partial charge in [-0.05, 0) is 60.0 Å². The highest BCUT2D eigenvalue weighted by Gasteiger charge is 2.24. The van der Waals surface area contributed by atoms with Crippen LogP contribution in [-0.2, 0) is 24.3 Å². The zero-order valence-corrected chi connectivity index (χ0v) is 19.5. The second kappa shape index (κ2) is 10.9. The zero-order valence-electron chi connectivity index (χ0n) is 17.9. The van der Waals surface area contributed by atoms with Crippen molar-refractivity contribution in [3.05, 3.63) is 68.8 Å². The van der Waals surface area contributed by atoms with E-state index in [-0.39, 0.29) is 5.91 Å². The number of hydrogen-bond acceptors (Lipinski definition) is 6. The monoisotopic (exact) mass is 455 g/mol. The van der Waals surface area contributed by atoms with Gasteiger partial charge in [-0.1, -0.05) is 12.1 Å². The Morgan fingerprint density at radius 2 is 2.06 bits per heavy atom.